The number of carbonyl (C=O) groups is 1. The van der Waals surface area contributed by atoms with Crippen LogP contribution in [0.15, 0.2) is 93.1 Å². The number of rotatable bonds is 8. The summed E-state index contributed by atoms with van der Waals surface area (Å²) in [7, 11) is 2.06. The number of piperazine rings is 1. The molecular formula is C34H33N5O5S2. The second-order valence-corrected chi connectivity index (χ2v) is 12.9. The summed E-state index contributed by atoms with van der Waals surface area (Å²) in [4.78, 5) is 50.3. The molecule has 0 bridgehead atoms. The summed E-state index contributed by atoms with van der Waals surface area (Å²) in [6.07, 6.45) is 3.70. The third kappa shape index (κ3) is 6.15. The molecule has 46 heavy (non-hydrogen) atoms. The van der Waals surface area contributed by atoms with Crippen molar-refractivity contribution in [3.63, 3.8) is 0 Å². The van der Waals surface area contributed by atoms with Crippen molar-refractivity contribution in [1.29, 1.82) is 0 Å². The van der Waals surface area contributed by atoms with E-state index >= 15 is 0 Å². The SMILES string of the molecule is CCOC(=O)C1=C(c2ccccc2)N=c2s/c(=C/c3cc([N+](=O)[O-])ccc3N3CCN(C)CC3)c(=O)n2[C@@H]1c1ccc(SC)cc1. The Kier molecular flexibility index (Phi) is 9.20. The highest BCUT2D eigenvalue weighted by Gasteiger charge is 2.35. The van der Waals surface area contributed by atoms with E-state index in [-0.39, 0.29) is 23.4 Å². The molecule has 4 aromatic rings. The fourth-order valence-electron chi connectivity index (χ4n) is 5.79. The number of ether oxygens (including phenoxy) is 1. The molecule has 2 aliphatic heterocycles. The maximum absolute atomic E-state index is 14.4. The van der Waals surface area contributed by atoms with Gasteiger partial charge >= 0.3 is 5.97 Å². The van der Waals surface area contributed by atoms with Crippen LogP contribution in [-0.2, 0) is 9.53 Å². The van der Waals surface area contributed by atoms with Crippen LogP contribution in [0.2, 0.25) is 0 Å². The summed E-state index contributed by atoms with van der Waals surface area (Å²) in [6.45, 7) is 5.13. The third-order valence-electron chi connectivity index (χ3n) is 8.16. The van der Waals surface area contributed by atoms with Gasteiger partial charge in [0.1, 0.15) is 0 Å². The highest BCUT2D eigenvalue weighted by Crippen LogP contribution is 2.36. The zero-order valence-electron chi connectivity index (χ0n) is 25.7. The number of thiazole rings is 1. The number of nitro groups is 1. The van der Waals surface area contributed by atoms with Crippen molar-refractivity contribution in [2.45, 2.75) is 17.9 Å². The Bertz CT molecular complexity index is 2000. The predicted octanol–water partition coefficient (Wildman–Crippen LogP) is 4.32. The Morgan fingerprint density at radius 3 is 2.46 bits per heavy atom. The number of anilines is 1. The number of nitrogens with zero attached hydrogens (tertiary/aromatic N) is 5. The first-order valence-electron chi connectivity index (χ1n) is 14.9. The number of fused-ring (bicyclic) bond motifs is 1. The maximum Gasteiger partial charge on any atom is 0.338 e. The standard InChI is InChI=1S/C34H33N5O5S2/c1-4-44-33(41)29-30(22-8-6-5-7-9-22)35-34-38(31(29)23-10-13-26(45-3)14-11-23)32(40)28(46-34)21-24-20-25(39(42)43)12-15-27(24)37-18-16-36(2)17-19-37/h5-15,20-21,31H,4,16-19H2,1-3H3/b28-21+/t31-/m1/s1. The number of likely N-dealkylation sites (N-methyl/N-ethyl adjacent to an activating group) is 1. The summed E-state index contributed by atoms with van der Waals surface area (Å²) in [5.74, 6) is -0.547. The first-order valence-corrected chi connectivity index (χ1v) is 17.0. The van der Waals surface area contributed by atoms with Crippen molar-refractivity contribution in [2.24, 2.45) is 4.99 Å². The minimum atomic E-state index is -0.800. The molecule has 1 atom stereocenters. The Labute approximate surface area is 274 Å². The minimum Gasteiger partial charge on any atom is -0.463 e. The fraction of sp³-hybridized carbons (Fsp3) is 0.265. The highest BCUT2D eigenvalue weighted by molar-refractivity contribution is 7.98. The van der Waals surface area contributed by atoms with Gasteiger partial charge in [0.05, 0.1) is 33.4 Å². The topological polar surface area (TPSA) is 110 Å². The quantitative estimate of drug-likeness (QED) is 0.120. The molecule has 0 N–H and O–H groups in total. The summed E-state index contributed by atoms with van der Waals surface area (Å²) in [5, 5.41) is 11.8. The number of carbonyl (C=O) groups excluding carboxylic acids is 1. The normalized spacial score (nSPS) is 17.1. The average molecular weight is 656 g/mol. The van der Waals surface area contributed by atoms with Crippen LogP contribution in [0.25, 0.3) is 11.8 Å². The van der Waals surface area contributed by atoms with Crippen LogP contribution < -0.4 is 19.8 Å². The van der Waals surface area contributed by atoms with Gasteiger partial charge in [-0.05, 0) is 50.1 Å². The fourth-order valence-corrected chi connectivity index (χ4v) is 7.19. The van der Waals surface area contributed by atoms with Crippen molar-refractivity contribution in [1.82, 2.24) is 9.47 Å². The Hall–Kier alpha value is -4.52. The van der Waals surface area contributed by atoms with Gasteiger partial charge in [0.25, 0.3) is 11.2 Å². The molecule has 2 aliphatic rings. The van der Waals surface area contributed by atoms with E-state index in [9.17, 15) is 19.7 Å². The van der Waals surface area contributed by atoms with Gasteiger partial charge in [-0.1, -0.05) is 53.8 Å². The van der Waals surface area contributed by atoms with E-state index in [1.165, 1.54) is 23.5 Å². The first kappa shape index (κ1) is 31.5. The van der Waals surface area contributed by atoms with Crippen LogP contribution in [0.4, 0.5) is 11.4 Å². The number of thioether (sulfide) groups is 1. The second-order valence-electron chi connectivity index (χ2n) is 11.0. The molecule has 236 valence electrons. The van der Waals surface area contributed by atoms with Crippen molar-refractivity contribution < 1.29 is 14.5 Å². The molecule has 1 saturated heterocycles. The monoisotopic (exact) mass is 655 g/mol. The second kappa shape index (κ2) is 13.5. The molecule has 0 unspecified atom stereocenters. The zero-order chi connectivity index (χ0) is 32.4. The van der Waals surface area contributed by atoms with Crippen LogP contribution >= 0.6 is 23.1 Å². The van der Waals surface area contributed by atoms with Crippen LogP contribution in [0.3, 0.4) is 0 Å². The van der Waals surface area contributed by atoms with E-state index in [4.69, 9.17) is 9.73 Å². The van der Waals surface area contributed by atoms with Gasteiger partial charge in [0, 0.05) is 60.0 Å². The van der Waals surface area contributed by atoms with Gasteiger partial charge in [-0.2, -0.15) is 0 Å². The van der Waals surface area contributed by atoms with E-state index in [1.807, 2.05) is 60.9 Å². The van der Waals surface area contributed by atoms with E-state index in [1.54, 1.807) is 35.4 Å². The smallest absolute Gasteiger partial charge is 0.338 e. The number of esters is 1. The van der Waals surface area contributed by atoms with Crippen molar-refractivity contribution in [3.05, 3.63) is 125 Å². The number of nitro benzene ring substituents is 1. The van der Waals surface area contributed by atoms with E-state index < -0.39 is 16.9 Å². The lowest BCUT2D eigenvalue weighted by Gasteiger charge is -2.34. The van der Waals surface area contributed by atoms with E-state index in [0.29, 0.717) is 20.6 Å². The van der Waals surface area contributed by atoms with Crippen molar-refractivity contribution in [3.8, 4) is 0 Å². The van der Waals surface area contributed by atoms with Crippen LogP contribution in [0, 0.1) is 10.1 Å². The molecule has 10 nitrogen and oxygen atoms in total. The Morgan fingerprint density at radius 1 is 1.09 bits per heavy atom. The molecule has 0 radical (unpaired) electrons. The molecule has 3 heterocycles. The van der Waals surface area contributed by atoms with E-state index in [2.05, 4.69) is 16.8 Å². The molecule has 1 fully saturated rings. The lowest BCUT2D eigenvalue weighted by atomic mass is 9.93. The summed E-state index contributed by atoms with van der Waals surface area (Å²) in [6, 6.07) is 21.2. The minimum absolute atomic E-state index is 0.0559. The van der Waals surface area contributed by atoms with Crippen LogP contribution in [0.1, 0.15) is 29.7 Å². The number of non-ortho nitro benzene ring substituents is 1. The van der Waals surface area contributed by atoms with E-state index in [0.717, 1.165) is 47.9 Å². The molecule has 0 aliphatic carbocycles. The van der Waals surface area contributed by atoms with Crippen molar-refractivity contribution in [2.75, 3.05) is 51.0 Å². The van der Waals surface area contributed by atoms with Gasteiger partial charge in [-0.15, -0.1) is 11.8 Å². The first-order chi connectivity index (χ1) is 22.3. The maximum atomic E-state index is 14.4. The number of aromatic nitrogens is 1. The van der Waals surface area contributed by atoms with Crippen molar-refractivity contribution >= 4 is 52.2 Å². The number of benzene rings is 3. The predicted molar refractivity (Wildman–Crippen MR) is 182 cm³/mol. The molecule has 12 heteroatoms. The molecular weight excluding hydrogens is 623 g/mol. The lowest BCUT2D eigenvalue weighted by Crippen LogP contribution is -2.44. The number of hydrogen-bond donors (Lipinski definition) is 0. The third-order valence-corrected chi connectivity index (χ3v) is 9.88. The highest BCUT2D eigenvalue weighted by atomic mass is 32.2. The van der Waals surface area contributed by atoms with Gasteiger partial charge in [0.2, 0.25) is 0 Å². The Morgan fingerprint density at radius 2 is 1.80 bits per heavy atom. The summed E-state index contributed by atoms with van der Waals surface area (Å²) < 4.78 is 7.47. The van der Waals surface area contributed by atoms with Gasteiger partial charge in [-0.25, -0.2) is 9.79 Å². The lowest BCUT2D eigenvalue weighted by molar-refractivity contribution is -0.384. The molecule has 3 aromatic carbocycles. The van der Waals surface area contributed by atoms with Gasteiger partial charge in [-0.3, -0.25) is 19.5 Å². The Balaban J connectivity index is 1.60. The van der Waals surface area contributed by atoms with Gasteiger partial charge < -0.3 is 14.5 Å². The summed E-state index contributed by atoms with van der Waals surface area (Å²) in [5.41, 5.74) is 3.20. The average Bonchev–Trinajstić information content (AvgIpc) is 3.38. The molecule has 0 amide bonds. The van der Waals surface area contributed by atoms with Gasteiger partial charge in [0.15, 0.2) is 4.80 Å². The largest absolute Gasteiger partial charge is 0.463 e. The zero-order valence-corrected chi connectivity index (χ0v) is 27.3. The number of hydrogen-bond acceptors (Lipinski definition) is 10. The summed E-state index contributed by atoms with van der Waals surface area (Å²) >= 11 is 2.80. The molecule has 0 spiro atoms. The molecule has 6 rings (SSSR count). The molecule has 1 aromatic heterocycles. The molecule has 0 saturated carbocycles. The van der Waals surface area contributed by atoms with Crippen LogP contribution in [0.5, 0.6) is 0 Å². The van der Waals surface area contributed by atoms with Crippen LogP contribution in [-0.4, -0.2) is 66.4 Å².